The molecule has 0 N–H and O–H groups in total. The van der Waals surface area contributed by atoms with Crippen molar-refractivity contribution in [1.82, 2.24) is 20.2 Å². The molecule has 3 aromatic rings. The van der Waals surface area contributed by atoms with Crippen LogP contribution in [0.15, 0.2) is 55.0 Å². The first kappa shape index (κ1) is 11.5. The third-order valence-electron chi connectivity index (χ3n) is 2.81. The number of aromatic nitrogens is 4. The normalized spacial score (nSPS) is 10.4. The molecule has 0 aliphatic heterocycles. The highest BCUT2D eigenvalue weighted by Crippen LogP contribution is 2.20. The van der Waals surface area contributed by atoms with Crippen LogP contribution >= 0.6 is 0 Å². The SMILES string of the molecule is Cc1ccc(-c2ccc(-c3cccnc3)nc2)nn1. The van der Waals surface area contributed by atoms with Crippen molar-refractivity contribution in [2.75, 3.05) is 0 Å². The lowest BCUT2D eigenvalue weighted by molar-refractivity contribution is 0.986. The van der Waals surface area contributed by atoms with E-state index in [2.05, 4.69) is 20.2 Å². The molecule has 3 aromatic heterocycles. The molecule has 0 aromatic carbocycles. The number of rotatable bonds is 2. The molecule has 0 amide bonds. The number of nitrogens with zero attached hydrogens (tertiary/aromatic N) is 4. The number of pyridine rings is 2. The molecule has 0 fully saturated rings. The summed E-state index contributed by atoms with van der Waals surface area (Å²) in [5.74, 6) is 0. The summed E-state index contributed by atoms with van der Waals surface area (Å²) < 4.78 is 0. The van der Waals surface area contributed by atoms with Gasteiger partial charge in [-0.25, -0.2) is 0 Å². The van der Waals surface area contributed by atoms with E-state index in [1.165, 1.54) is 0 Å². The van der Waals surface area contributed by atoms with Crippen molar-refractivity contribution in [1.29, 1.82) is 0 Å². The topological polar surface area (TPSA) is 51.6 Å². The monoisotopic (exact) mass is 248 g/mol. The van der Waals surface area contributed by atoms with E-state index in [0.29, 0.717) is 0 Å². The Labute approximate surface area is 111 Å². The lowest BCUT2D eigenvalue weighted by atomic mass is 10.1. The van der Waals surface area contributed by atoms with Gasteiger partial charge in [0.1, 0.15) is 0 Å². The van der Waals surface area contributed by atoms with E-state index in [1.807, 2.05) is 49.5 Å². The molecule has 0 saturated heterocycles. The van der Waals surface area contributed by atoms with Crippen molar-refractivity contribution >= 4 is 0 Å². The third kappa shape index (κ3) is 2.47. The quantitative estimate of drug-likeness (QED) is 0.699. The Morgan fingerprint density at radius 3 is 2.26 bits per heavy atom. The van der Waals surface area contributed by atoms with Gasteiger partial charge < -0.3 is 0 Å². The van der Waals surface area contributed by atoms with Gasteiger partial charge in [0.15, 0.2) is 0 Å². The van der Waals surface area contributed by atoms with Gasteiger partial charge in [-0.05, 0) is 43.3 Å². The minimum atomic E-state index is 0.829. The van der Waals surface area contributed by atoms with Gasteiger partial charge >= 0.3 is 0 Å². The Hall–Kier alpha value is -2.62. The molecule has 0 spiro atoms. The number of aryl methyl sites for hydroxylation is 1. The van der Waals surface area contributed by atoms with Crippen LogP contribution in [-0.2, 0) is 0 Å². The Morgan fingerprint density at radius 2 is 1.63 bits per heavy atom. The van der Waals surface area contributed by atoms with Gasteiger partial charge in [0.05, 0.1) is 17.1 Å². The standard InChI is InChI=1S/C15H12N4/c1-11-4-6-15(19-18-11)13-5-7-14(17-10-13)12-3-2-8-16-9-12/h2-10H,1H3. The van der Waals surface area contributed by atoms with Crippen LogP contribution in [0.25, 0.3) is 22.5 Å². The molecule has 0 radical (unpaired) electrons. The summed E-state index contributed by atoms with van der Waals surface area (Å²) in [7, 11) is 0. The second-order valence-electron chi connectivity index (χ2n) is 4.23. The maximum absolute atomic E-state index is 4.44. The zero-order valence-corrected chi connectivity index (χ0v) is 10.5. The van der Waals surface area contributed by atoms with Crippen LogP contribution in [0.5, 0.6) is 0 Å². The Morgan fingerprint density at radius 1 is 0.789 bits per heavy atom. The molecular weight excluding hydrogens is 236 g/mol. The molecule has 3 heterocycles. The molecular formula is C15H12N4. The van der Waals surface area contributed by atoms with Crippen molar-refractivity contribution in [2.45, 2.75) is 6.92 Å². The maximum atomic E-state index is 4.44. The van der Waals surface area contributed by atoms with Crippen LogP contribution in [0.3, 0.4) is 0 Å². The lowest BCUT2D eigenvalue weighted by Crippen LogP contribution is -1.91. The van der Waals surface area contributed by atoms with Gasteiger partial charge in [-0.15, -0.1) is 0 Å². The van der Waals surface area contributed by atoms with Crippen LogP contribution in [0, 0.1) is 6.92 Å². The Bertz CT molecular complexity index is 661. The second kappa shape index (κ2) is 4.94. The highest BCUT2D eigenvalue weighted by molar-refractivity contribution is 5.63. The van der Waals surface area contributed by atoms with Gasteiger partial charge in [0.2, 0.25) is 0 Å². The van der Waals surface area contributed by atoms with Crippen molar-refractivity contribution in [3.63, 3.8) is 0 Å². The molecule has 0 atom stereocenters. The van der Waals surface area contributed by atoms with Crippen LogP contribution in [0.2, 0.25) is 0 Å². The van der Waals surface area contributed by atoms with E-state index in [1.54, 1.807) is 12.4 Å². The molecule has 4 heteroatoms. The van der Waals surface area contributed by atoms with Crippen LogP contribution in [-0.4, -0.2) is 20.2 Å². The zero-order valence-electron chi connectivity index (χ0n) is 10.5. The lowest BCUT2D eigenvalue weighted by Gasteiger charge is -2.02. The molecule has 4 nitrogen and oxygen atoms in total. The third-order valence-corrected chi connectivity index (χ3v) is 2.81. The van der Waals surface area contributed by atoms with Gasteiger partial charge in [0, 0.05) is 29.7 Å². The summed E-state index contributed by atoms with van der Waals surface area (Å²) in [4.78, 5) is 8.53. The minimum absolute atomic E-state index is 0.829. The first-order valence-electron chi connectivity index (χ1n) is 6.00. The van der Waals surface area contributed by atoms with E-state index in [9.17, 15) is 0 Å². The fourth-order valence-corrected chi connectivity index (χ4v) is 1.78. The predicted molar refractivity (Wildman–Crippen MR) is 73.2 cm³/mol. The highest BCUT2D eigenvalue weighted by Gasteiger charge is 2.02. The van der Waals surface area contributed by atoms with Gasteiger partial charge in [-0.2, -0.15) is 10.2 Å². The zero-order chi connectivity index (χ0) is 13.1. The smallest absolute Gasteiger partial charge is 0.0945 e. The molecule has 0 saturated carbocycles. The summed E-state index contributed by atoms with van der Waals surface area (Å²) in [6.45, 7) is 1.92. The molecule has 0 aliphatic rings. The predicted octanol–water partition coefficient (Wildman–Crippen LogP) is 2.91. The average molecular weight is 248 g/mol. The van der Waals surface area contributed by atoms with E-state index in [-0.39, 0.29) is 0 Å². The van der Waals surface area contributed by atoms with Gasteiger partial charge in [-0.3, -0.25) is 9.97 Å². The van der Waals surface area contributed by atoms with Crippen LogP contribution in [0.1, 0.15) is 5.69 Å². The maximum Gasteiger partial charge on any atom is 0.0945 e. The van der Waals surface area contributed by atoms with Crippen molar-refractivity contribution in [2.24, 2.45) is 0 Å². The van der Waals surface area contributed by atoms with Gasteiger partial charge in [0.25, 0.3) is 0 Å². The van der Waals surface area contributed by atoms with E-state index >= 15 is 0 Å². The largest absolute Gasteiger partial charge is 0.264 e. The van der Waals surface area contributed by atoms with Crippen molar-refractivity contribution in [3.8, 4) is 22.5 Å². The van der Waals surface area contributed by atoms with Crippen molar-refractivity contribution in [3.05, 3.63) is 60.7 Å². The Balaban J connectivity index is 1.93. The first-order chi connectivity index (χ1) is 9.33. The minimum Gasteiger partial charge on any atom is -0.264 e. The molecule has 0 unspecified atom stereocenters. The molecule has 0 aliphatic carbocycles. The van der Waals surface area contributed by atoms with Crippen LogP contribution < -0.4 is 0 Å². The molecule has 92 valence electrons. The fourth-order valence-electron chi connectivity index (χ4n) is 1.78. The first-order valence-corrected chi connectivity index (χ1v) is 6.00. The van der Waals surface area contributed by atoms with E-state index in [4.69, 9.17) is 0 Å². The van der Waals surface area contributed by atoms with Gasteiger partial charge in [-0.1, -0.05) is 0 Å². The summed E-state index contributed by atoms with van der Waals surface area (Å²) in [5.41, 5.74) is 4.60. The van der Waals surface area contributed by atoms with E-state index < -0.39 is 0 Å². The summed E-state index contributed by atoms with van der Waals surface area (Å²) in [5, 5.41) is 8.20. The average Bonchev–Trinajstić information content (AvgIpc) is 2.49. The fraction of sp³-hybridized carbons (Fsp3) is 0.0667. The van der Waals surface area contributed by atoms with Crippen LogP contribution in [0.4, 0.5) is 0 Å². The molecule has 0 bridgehead atoms. The Kier molecular flexibility index (Phi) is 2.98. The molecule has 3 rings (SSSR count). The number of hydrogen-bond acceptors (Lipinski definition) is 4. The molecule has 19 heavy (non-hydrogen) atoms. The summed E-state index contributed by atoms with van der Waals surface area (Å²) in [6.07, 6.45) is 5.36. The summed E-state index contributed by atoms with van der Waals surface area (Å²) in [6, 6.07) is 11.7. The summed E-state index contributed by atoms with van der Waals surface area (Å²) >= 11 is 0. The van der Waals surface area contributed by atoms with Crippen molar-refractivity contribution < 1.29 is 0 Å². The highest BCUT2D eigenvalue weighted by atomic mass is 15.1. The second-order valence-corrected chi connectivity index (χ2v) is 4.23. The number of hydrogen-bond donors (Lipinski definition) is 0. The van der Waals surface area contributed by atoms with E-state index in [0.717, 1.165) is 28.2 Å².